The summed E-state index contributed by atoms with van der Waals surface area (Å²) in [6.07, 6.45) is 3.12. The van der Waals surface area contributed by atoms with Crippen LogP contribution in [0.25, 0.3) is 5.57 Å². The molecule has 0 saturated heterocycles. The van der Waals surface area contributed by atoms with Crippen LogP contribution in [0.1, 0.15) is 30.2 Å². The Bertz CT molecular complexity index is 350. The molecule has 0 fully saturated rings. The summed E-state index contributed by atoms with van der Waals surface area (Å²) < 4.78 is 0. The summed E-state index contributed by atoms with van der Waals surface area (Å²) in [5.74, 6) is -0.860. The third-order valence-corrected chi connectivity index (χ3v) is 3.06. The lowest BCUT2D eigenvalue weighted by molar-refractivity contribution is -0.131. The number of carbonyl (C=O) groups is 1. The van der Waals surface area contributed by atoms with E-state index < -0.39 is 5.97 Å². The van der Waals surface area contributed by atoms with E-state index in [1.807, 2.05) is 18.4 Å². The first-order valence-electron chi connectivity index (χ1n) is 4.63. The van der Waals surface area contributed by atoms with Crippen LogP contribution in [0.15, 0.2) is 17.5 Å². The van der Waals surface area contributed by atoms with Crippen LogP contribution >= 0.6 is 11.3 Å². The number of hydrogen-bond acceptors (Lipinski definition) is 2. The molecule has 2 nitrogen and oxygen atoms in total. The Morgan fingerprint density at radius 3 is 2.79 bits per heavy atom. The van der Waals surface area contributed by atoms with E-state index in [4.69, 9.17) is 5.11 Å². The second-order valence-electron chi connectivity index (χ2n) is 3.19. The number of aryl methyl sites for hydroxylation is 1. The zero-order chi connectivity index (χ0) is 10.6. The zero-order valence-corrected chi connectivity index (χ0v) is 9.23. The van der Waals surface area contributed by atoms with Gasteiger partial charge in [-0.1, -0.05) is 13.3 Å². The molecule has 0 saturated carbocycles. The van der Waals surface area contributed by atoms with Crippen molar-refractivity contribution in [3.8, 4) is 0 Å². The Kier molecular flexibility index (Phi) is 3.89. The molecule has 0 amide bonds. The van der Waals surface area contributed by atoms with Gasteiger partial charge in [0.2, 0.25) is 0 Å². The van der Waals surface area contributed by atoms with Gasteiger partial charge in [0.1, 0.15) is 0 Å². The summed E-state index contributed by atoms with van der Waals surface area (Å²) in [7, 11) is 0. The molecule has 0 radical (unpaired) electrons. The van der Waals surface area contributed by atoms with E-state index in [-0.39, 0.29) is 0 Å². The van der Waals surface area contributed by atoms with Crippen LogP contribution < -0.4 is 0 Å². The van der Waals surface area contributed by atoms with E-state index in [9.17, 15) is 4.79 Å². The fraction of sp³-hybridized carbons (Fsp3) is 0.364. The summed E-state index contributed by atoms with van der Waals surface area (Å²) in [6, 6.07) is 2.02. The second-order valence-corrected chi connectivity index (χ2v) is 4.11. The smallest absolute Gasteiger partial charge is 0.328 e. The topological polar surface area (TPSA) is 37.3 Å². The first kappa shape index (κ1) is 11.0. The largest absolute Gasteiger partial charge is 0.478 e. The van der Waals surface area contributed by atoms with Crippen LogP contribution in [0.5, 0.6) is 0 Å². The second kappa shape index (κ2) is 4.96. The van der Waals surface area contributed by atoms with Crippen molar-refractivity contribution in [1.29, 1.82) is 0 Å². The van der Waals surface area contributed by atoms with Crippen molar-refractivity contribution < 1.29 is 9.90 Å². The molecule has 1 aromatic rings. The highest BCUT2D eigenvalue weighted by Crippen LogP contribution is 2.28. The van der Waals surface area contributed by atoms with Crippen LogP contribution in [0, 0.1) is 6.92 Å². The van der Waals surface area contributed by atoms with Crippen molar-refractivity contribution in [3.05, 3.63) is 28.0 Å². The van der Waals surface area contributed by atoms with E-state index in [0.29, 0.717) is 0 Å². The van der Waals surface area contributed by atoms with E-state index in [2.05, 4.69) is 6.92 Å². The minimum Gasteiger partial charge on any atom is -0.478 e. The molecule has 3 heteroatoms. The number of thiophene rings is 1. The monoisotopic (exact) mass is 210 g/mol. The van der Waals surface area contributed by atoms with Gasteiger partial charge in [0.25, 0.3) is 0 Å². The van der Waals surface area contributed by atoms with Crippen LogP contribution in [0.4, 0.5) is 0 Å². The molecule has 0 atom stereocenters. The van der Waals surface area contributed by atoms with Crippen molar-refractivity contribution in [2.45, 2.75) is 26.7 Å². The normalized spacial score (nSPS) is 11.7. The van der Waals surface area contributed by atoms with Crippen molar-refractivity contribution in [1.82, 2.24) is 0 Å². The molecule has 1 rings (SSSR count). The van der Waals surface area contributed by atoms with Gasteiger partial charge < -0.3 is 5.11 Å². The Morgan fingerprint density at radius 2 is 2.36 bits per heavy atom. The Hall–Kier alpha value is -1.09. The molecule has 0 aromatic carbocycles. The number of rotatable bonds is 4. The maximum atomic E-state index is 10.6. The lowest BCUT2D eigenvalue weighted by Gasteiger charge is -2.03. The maximum absolute atomic E-state index is 10.6. The maximum Gasteiger partial charge on any atom is 0.328 e. The molecule has 1 aromatic heterocycles. The van der Waals surface area contributed by atoms with Gasteiger partial charge in [-0.15, -0.1) is 11.3 Å². The van der Waals surface area contributed by atoms with Crippen molar-refractivity contribution in [3.63, 3.8) is 0 Å². The molecular formula is C11H14O2S. The predicted octanol–water partition coefficient (Wildman–Crippen LogP) is 3.32. The minimum absolute atomic E-state index is 0.827. The van der Waals surface area contributed by atoms with Gasteiger partial charge >= 0.3 is 5.97 Å². The Morgan fingerprint density at radius 1 is 1.64 bits per heavy atom. The number of allylic oxidation sites excluding steroid dienone is 1. The standard InChI is InChI=1S/C11H14O2S/c1-3-4-9(7-10(12)13)11-8(2)5-6-14-11/h5-7H,3-4H2,1-2H3,(H,12,13)/b9-7+. The van der Waals surface area contributed by atoms with Crippen LogP contribution in [-0.2, 0) is 4.79 Å². The van der Waals surface area contributed by atoms with E-state index >= 15 is 0 Å². The van der Waals surface area contributed by atoms with Gasteiger partial charge in [-0.25, -0.2) is 4.79 Å². The Labute approximate surface area is 87.9 Å². The Balaban J connectivity index is 3.00. The summed E-state index contributed by atoms with van der Waals surface area (Å²) in [6.45, 7) is 4.07. The summed E-state index contributed by atoms with van der Waals surface area (Å²) in [5.41, 5.74) is 2.10. The number of carboxylic acids is 1. The van der Waals surface area contributed by atoms with E-state index in [1.165, 1.54) is 6.08 Å². The van der Waals surface area contributed by atoms with Gasteiger partial charge in [-0.05, 0) is 35.9 Å². The third-order valence-electron chi connectivity index (χ3n) is 1.97. The highest BCUT2D eigenvalue weighted by atomic mass is 32.1. The molecular weight excluding hydrogens is 196 g/mol. The lowest BCUT2D eigenvalue weighted by atomic mass is 10.1. The van der Waals surface area contributed by atoms with Crippen LogP contribution in [0.2, 0.25) is 0 Å². The first-order chi connectivity index (χ1) is 6.65. The molecule has 1 heterocycles. The zero-order valence-electron chi connectivity index (χ0n) is 8.41. The SMILES string of the molecule is CCC/C(=C\C(=O)O)c1sccc1C. The summed E-state index contributed by atoms with van der Waals surface area (Å²) in [4.78, 5) is 11.7. The van der Waals surface area contributed by atoms with Crippen molar-refractivity contribution >= 4 is 22.9 Å². The van der Waals surface area contributed by atoms with Gasteiger partial charge in [-0.3, -0.25) is 0 Å². The molecule has 0 spiro atoms. The third kappa shape index (κ3) is 2.70. The summed E-state index contributed by atoms with van der Waals surface area (Å²) >= 11 is 1.61. The molecule has 0 bridgehead atoms. The van der Waals surface area contributed by atoms with Crippen LogP contribution in [0.3, 0.4) is 0 Å². The predicted molar refractivity (Wildman–Crippen MR) is 59.6 cm³/mol. The summed E-state index contributed by atoms with van der Waals surface area (Å²) in [5, 5.41) is 10.7. The number of aliphatic carboxylic acids is 1. The highest BCUT2D eigenvalue weighted by Gasteiger charge is 2.07. The van der Waals surface area contributed by atoms with Gasteiger partial charge in [0.05, 0.1) is 0 Å². The number of hydrogen-bond donors (Lipinski definition) is 1. The molecule has 0 aliphatic carbocycles. The average Bonchev–Trinajstić information content (AvgIpc) is 2.50. The van der Waals surface area contributed by atoms with Gasteiger partial charge in [0.15, 0.2) is 0 Å². The van der Waals surface area contributed by atoms with Gasteiger partial charge in [-0.2, -0.15) is 0 Å². The fourth-order valence-corrected chi connectivity index (χ4v) is 2.35. The van der Waals surface area contributed by atoms with Gasteiger partial charge in [0, 0.05) is 11.0 Å². The van der Waals surface area contributed by atoms with Crippen LogP contribution in [-0.4, -0.2) is 11.1 Å². The molecule has 0 unspecified atom stereocenters. The first-order valence-corrected chi connectivity index (χ1v) is 5.51. The van der Waals surface area contributed by atoms with Crippen molar-refractivity contribution in [2.24, 2.45) is 0 Å². The molecule has 1 N–H and O–H groups in total. The number of carboxylic acid groups (broad SMARTS) is 1. The fourth-order valence-electron chi connectivity index (χ4n) is 1.37. The average molecular weight is 210 g/mol. The molecule has 76 valence electrons. The quantitative estimate of drug-likeness (QED) is 0.774. The van der Waals surface area contributed by atoms with Crippen molar-refractivity contribution in [2.75, 3.05) is 0 Å². The molecule has 14 heavy (non-hydrogen) atoms. The van der Waals surface area contributed by atoms with E-state index in [1.54, 1.807) is 11.3 Å². The minimum atomic E-state index is -0.860. The molecule has 0 aliphatic heterocycles. The highest BCUT2D eigenvalue weighted by molar-refractivity contribution is 7.11. The molecule has 0 aliphatic rings. The van der Waals surface area contributed by atoms with E-state index in [0.717, 1.165) is 28.9 Å². The lowest BCUT2D eigenvalue weighted by Crippen LogP contribution is -1.92.